The molecule has 0 aromatic rings. The number of carbonyl (C=O) groups excluding carboxylic acids is 1. The van der Waals surface area contributed by atoms with Crippen LogP contribution in [0.15, 0.2) is 12.7 Å². The Bertz CT molecular complexity index is 888. The average molecular weight is 644 g/mol. The van der Waals surface area contributed by atoms with Gasteiger partial charge in [0.1, 0.15) is 6.10 Å². The molecule has 0 fully saturated rings. The van der Waals surface area contributed by atoms with Gasteiger partial charge in [0.15, 0.2) is 0 Å². The minimum atomic E-state index is -7.82. The van der Waals surface area contributed by atoms with Crippen LogP contribution in [0.2, 0.25) is 0 Å². The van der Waals surface area contributed by atoms with Crippen molar-refractivity contribution < 1.29 is 102 Å². The maximum Gasteiger partial charge on any atom is 0.460 e. The quantitative estimate of drug-likeness (QED) is 0.0854. The van der Waals surface area contributed by atoms with Crippen molar-refractivity contribution in [2.45, 2.75) is 72.8 Å². The van der Waals surface area contributed by atoms with Gasteiger partial charge in [0, 0.05) is 12.5 Å². The molecule has 0 aliphatic heterocycles. The predicted octanol–water partition coefficient (Wildman–Crippen LogP) is 7.45. The lowest BCUT2D eigenvalue weighted by Crippen LogP contribution is -2.66. The molecule has 40 heavy (non-hydrogen) atoms. The van der Waals surface area contributed by atoms with E-state index in [4.69, 9.17) is 0 Å². The highest BCUT2D eigenvalue weighted by Crippen LogP contribution is 2.58. The van der Waals surface area contributed by atoms with Crippen molar-refractivity contribution in [3.63, 3.8) is 0 Å². The zero-order chi connectivity index (χ0) is 32.6. The van der Waals surface area contributed by atoms with E-state index in [1.54, 1.807) is 0 Å². The Morgan fingerprint density at radius 1 is 0.600 bits per heavy atom. The van der Waals surface area contributed by atoms with Gasteiger partial charge in [-0.25, -0.2) is 4.79 Å². The summed E-state index contributed by atoms with van der Waals surface area (Å²) in [6.45, 7) is -1.63. The Morgan fingerprint density at radius 2 is 0.975 bits per heavy atom. The minimum absolute atomic E-state index is 0.0330. The molecule has 0 amide bonds. The Labute approximate surface area is 208 Å². The average Bonchev–Trinajstić information content (AvgIpc) is 2.73. The van der Waals surface area contributed by atoms with Crippen LogP contribution in [0.1, 0.15) is 12.8 Å². The third-order valence-corrected chi connectivity index (χ3v) is 4.61. The summed E-state index contributed by atoms with van der Waals surface area (Å²) in [4.78, 5) is 11.1. The SMILES string of the molecule is C=CC(=O)OC(COCCC(F)(F)C(F)(F)C(F)(F)C(F)(F)C(F)(F)F)CC(F)(F)C(F)(F)C(F)(F)C(F)(F)F. The monoisotopic (exact) mass is 644 g/mol. The van der Waals surface area contributed by atoms with Crippen molar-refractivity contribution in [2.75, 3.05) is 13.2 Å². The second-order valence-electron chi connectivity index (χ2n) is 7.57. The summed E-state index contributed by atoms with van der Waals surface area (Å²) in [6, 6.07) is 0. The zero-order valence-corrected chi connectivity index (χ0v) is 18.5. The highest BCUT2D eigenvalue weighted by Gasteiger charge is 2.87. The molecule has 0 saturated carbocycles. The van der Waals surface area contributed by atoms with E-state index in [9.17, 15) is 92.6 Å². The summed E-state index contributed by atoms with van der Waals surface area (Å²) in [5, 5.41) is 0. The van der Waals surface area contributed by atoms with E-state index in [-0.39, 0.29) is 6.08 Å². The number of halogens is 20. The van der Waals surface area contributed by atoms with Crippen LogP contribution in [0.25, 0.3) is 0 Å². The summed E-state index contributed by atoms with van der Waals surface area (Å²) in [7, 11) is 0. The van der Waals surface area contributed by atoms with E-state index >= 15 is 0 Å². The van der Waals surface area contributed by atoms with Crippen LogP contribution in [0.3, 0.4) is 0 Å². The summed E-state index contributed by atoms with van der Waals surface area (Å²) in [6.07, 6.45) is -23.8. The second-order valence-corrected chi connectivity index (χ2v) is 7.57. The van der Waals surface area contributed by atoms with Gasteiger partial charge in [-0.3, -0.25) is 0 Å². The fraction of sp³-hybridized carbons (Fsp3) is 0.824. The largest absolute Gasteiger partial charge is 0.460 e. The first-order chi connectivity index (χ1) is 17.3. The third-order valence-electron chi connectivity index (χ3n) is 4.61. The van der Waals surface area contributed by atoms with Crippen LogP contribution >= 0.6 is 0 Å². The Hall–Kier alpha value is -2.23. The normalized spacial score (nSPS) is 16.1. The van der Waals surface area contributed by atoms with Gasteiger partial charge in [0.25, 0.3) is 0 Å². The van der Waals surface area contributed by atoms with E-state index in [2.05, 4.69) is 16.1 Å². The number of carbonyl (C=O) groups is 1. The molecule has 0 aliphatic rings. The zero-order valence-electron chi connectivity index (χ0n) is 18.5. The Morgan fingerprint density at radius 3 is 1.35 bits per heavy atom. The van der Waals surface area contributed by atoms with Gasteiger partial charge >= 0.3 is 59.8 Å². The van der Waals surface area contributed by atoms with Gasteiger partial charge in [-0.15, -0.1) is 0 Å². The fourth-order valence-corrected chi connectivity index (χ4v) is 2.35. The van der Waals surface area contributed by atoms with E-state index in [0.29, 0.717) is 0 Å². The molecule has 0 spiro atoms. The number of hydrogen-bond donors (Lipinski definition) is 0. The second kappa shape index (κ2) is 11.2. The predicted molar refractivity (Wildman–Crippen MR) is 86.9 cm³/mol. The van der Waals surface area contributed by atoms with Crippen molar-refractivity contribution >= 4 is 5.97 Å². The molecule has 3 nitrogen and oxygen atoms in total. The molecule has 0 aromatic carbocycles. The highest BCUT2D eigenvalue weighted by molar-refractivity contribution is 5.81. The number of alkyl halides is 20. The lowest BCUT2D eigenvalue weighted by atomic mass is 9.96. The van der Waals surface area contributed by atoms with Gasteiger partial charge in [0.2, 0.25) is 0 Å². The first kappa shape index (κ1) is 37.8. The van der Waals surface area contributed by atoms with Crippen LogP contribution in [-0.4, -0.2) is 79.1 Å². The lowest BCUT2D eigenvalue weighted by molar-refractivity contribution is -0.422. The van der Waals surface area contributed by atoms with Crippen molar-refractivity contribution in [1.29, 1.82) is 0 Å². The first-order valence-corrected chi connectivity index (χ1v) is 9.47. The summed E-state index contributed by atoms with van der Waals surface area (Å²) in [5.74, 6) is -52.7. The lowest BCUT2D eigenvalue weighted by Gasteiger charge is -2.37. The van der Waals surface area contributed by atoms with E-state index in [1.807, 2.05) is 0 Å². The fourth-order valence-electron chi connectivity index (χ4n) is 2.35. The molecule has 238 valence electrons. The Kier molecular flexibility index (Phi) is 10.6. The van der Waals surface area contributed by atoms with E-state index in [0.717, 1.165) is 0 Å². The summed E-state index contributed by atoms with van der Waals surface area (Å²) < 4.78 is 266. The Balaban J connectivity index is 5.82. The van der Waals surface area contributed by atoms with Crippen LogP contribution in [0, 0.1) is 0 Å². The molecule has 0 bridgehead atoms. The smallest absolute Gasteiger partial charge is 0.457 e. The van der Waals surface area contributed by atoms with E-state index < -0.39 is 91.9 Å². The number of rotatable bonds is 14. The molecule has 1 unspecified atom stereocenters. The maximum atomic E-state index is 13.8. The highest BCUT2D eigenvalue weighted by atomic mass is 19.4. The van der Waals surface area contributed by atoms with Crippen molar-refractivity contribution in [2.24, 2.45) is 0 Å². The number of esters is 1. The molecule has 0 heterocycles. The molecule has 0 aliphatic carbocycles. The van der Waals surface area contributed by atoms with Crippen molar-refractivity contribution in [3.05, 3.63) is 12.7 Å². The summed E-state index contributed by atoms with van der Waals surface area (Å²) in [5.41, 5.74) is 0. The third kappa shape index (κ3) is 6.80. The van der Waals surface area contributed by atoms with Crippen LogP contribution in [0.4, 0.5) is 87.8 Å². The molecule has 0 radical (unpaired) electrons. The summed E-state index contributed by atoms with van der Waals surface area (Å²) >= 11 is 0. The maximum absolute atomic E-state index is 13.8. The van der Waals surface area contributed by atoms with Gasteiger partial charge in [0.05, 0.1) is 19.6 Å². The number of ether oxygens (including phenoxy) is 2. The number of hydrogen-bond acceptors (Lipinski definition) is 3. The van der Waals surface area contributed by atoms with Gasteiger partial charge in [-0.1, -0.05) is 6.58 Å². The van der Waals surface area contributed by atoms with Crippen LogP contribution < -0.4 is 0 Å². The van der Waals surface area contributed by atoms with Gasteiger partial charge < -0.3 is 9.47 Å². The van der Waals surface area contributed by atoms with Gasteiger partial charge in [-0.2, -0.15) is 87.8 Å². The minimum Gasteiger partial charge on any atom is -0.457 e. The van der Waals surface area contributed by atoms with Crippen LogP contribution in [-0.2, 0) is 14.3 Å². The molecule has 23 heteroatoms. The topological polar surface area (TPSA) is 35.5 Å². The molecular weight excluding hydrogens is 632 g/mol. The molecule has 0 rings (SSSR count). The standard InChI is InChI=1S/C17H12F20O3/c1-2-8(38)40-7(5-10(20,21)12(24,25)14(28,29)16(32,33)34)6-39-4-3-9(18,19)11(22,23)13(26,27)15(30,31)17(35,36)37/h2,7H,1,3-6H2. The van der Waals surface area contributed by atoms with Crippen LogP contribution in [0.5, 0.6) is 0 Å². The van der Waals surface area contributed by atoms with Gasteiger partial charge in [-0.05, 0) is 0 Å². The van der Waals surface area contributed by atoms with Crippen molar-refractivity contribution in [3.8, 4) is 0 Å². The molecular formula is C17H12F20O3. The molecule has 0 aromatic heterocycles. The van der Waals surface area contributed by atoms with Crippen molar-refractivity contribution in [1.82, 2.24) is 0 Å². The molecule has 0 saturated heterocycles. The van der Waals surface area contributed by atoms with E-state index in [1.165, 1.54) is 0 Å². The molecule has 0 N–H and O–H groups in total. The molecule has 1 atom stereocenters. The first-order valence-electron chi connectivity index (χ1n) is 9.47.